The van der Waals surface area contributed by atoms with Crippen LogP contribution in [0.25, 0.3) is 0 Å². The third-order valence-electron chi connectivity index (χ3n) is 2.46. The van der Waals surface area contributed by atoms with Gasteiger partial charge in [-0.3, -0.25) is 0 Å². The molecule has 1 heterocycles. The quantitative estimate of drug-likeness (QED) is 0.488. The molecule has 0 spiro atoms. The van der Waals surface area contributed by atoms with Gasteiger partial charge in [0.15, 0.2) is 0 Å². The van der Waals surface area contributed by atoms with Crippen molar-refractivity contribution in [2.24, 2.45) is 0 Å². The Balaban J connectivity index is 2.20. The number of halogens is 4. The van der Waals surface area contributed by atoms with Crippen LogP contribution in [0.4, 0.5) is 17.6 Å². The molecule has 0 aliphatic heterocycles. The Morgan fingerprint density at radius 2 is 1.68 bits per heavy atom. The third kappa shape index (κ3) is 3.51. The van der Waals surface area contributed by atoms with E-state index in [0.717, 1.165) is 22.7 Å². The van der Waals surface area contributed by atoms with Crippen LogP contribution in [-0.4, -0.2) is 0 Å². The molecule has 0 radical (unpaired) electrons. The van der Waals surface area contributed by atoms with Crippen molar-refractivity contribution in [2.45, 2.75) is 23.5 Å². The van der Waals surface area contributed by atoms with E-state index in [1.54, 1.807) is 0 Å². The summed E-state index contributed by atoms with van der Waals surface area (Å²) in [5.74, 6) is 0.400. The van der Waals surface area contributed by atoms with Crippen LogP contribution in [0.3, 0.4) is 0 Å². The second-order valence-corrected chi connectivity index (χ2v) is 5.66. The fourth-order valence-electron chi connectivity index (χ4n) is 1.56. The lowest BCUT2D eigenvalue weighted by Crippen LogP contribution is -1.89. The van der Waals surface area contributed by atoms with Crippen LogP contribution < -0.4 is 0 Å². The molecule has 6 heteroatoms. The van der Waals surface area contributed by atoms with Crippen LogP contribution in [0.5, 0.6) is 0 Å². The number of thiophene rings is 1. The Morgan fingerprint density at radius 3 is 2.26 bits per heavy atom. The van der Waals surface area contributed by atoms with E-state index >= 15 is 0 Å². The minimum absolute atomic E-state index is 0.0267. The molecule has 1 aromatic heterocycles. The number of alkyl halides is 4. The highest BCUT2D eigenvalue weighted by atomic mass is 32.2. The fourth-order valence-corrected chi connectivity index (χ4v) is 3.81. The molecule has 0 aliphatic rings. The van der Waals surface area contributed by atoms with E-state index in [1.807, 2.05) is 30.3 Å². The van der Waals surface area contributed by atoms with E-state index in [-0.39, 0.29) is 15.3 Å². The first-order valence-corrected chi connectivity index (χ1v) is 7.30. The molecule has 0 bridgehead atoms. The van der Waals surface area contributed by atoms with Crippen molar-refractivity contribution >= 4 is 23.1 Å². The third-order valence-corrected chi connectivity index (χ3v) is 4.82. The first-order valence-electron chi connectivity index (χ1n) is 5.44. The van der Waals surface area contributed by atoms with Gasteiger partial charge >= 0.3 is 0 Å². The molecule has 0 nitrogen and oxygen atoms in total. The second-order valence-electron chi connectivity index (χ2n) is 3.76. The van der Waals surface area contributed by atoms with Gasteiger partial charge in [-0.05, 0) is 5.56 Å². The van der Waals surface area contributed by atoms with Crippen LogP contribution in [-0.2, 0) is 5.75 Å². The Morgan fingerprint density at radius 1 is 1.00 bits per heavy atom. The molecule has 2 rings (SSSR count). The molecule has 0 atom stereocenters. The van der Waals surface area contributed by atoms with Crippen molar-refractivity contribution < 1.29 is 17.6 Å². The normalized spacial score (nSPS) is 11.5. The number of hydrogen-bond donors (Lipinski definition) is 0. The maximum Gasteiger partial charge on any atom is 0.273 e. The van der Waals surface area contributed by atoms with Crippen molar-refractivity contribution in [3.05, 3.63) is 51.7 Å². The van der Waals surface area contributed by atoms with Gasteiger partial charge in [-0.2, -0.15) is 0 Å². The summed E-state index contributed by atoms with van der Waals surface area (Å²) >= 11 is 1.74. The lowest BCUT2D eigenvalue weighted by atomic mass is 10.2. The zero-order chi connectivity index (χ0) is 13.8. The van der Waals surface area contributed by atoms with E-state index in [4.69, 9.17) is 0 Å². The first kappa shape index (κ1) is 14.4. The Bertz CT molecular complexity index is 497. The predicted octanol–water partition coefficient (Wildman–Crippen LogP) is 5.92. The van der Waals surface area contributed by atoms with Gasteiger partial charge < -0.3 is 0 Å². The maximum absolute atomic E-state index is 12.8. The van der Waals surface area contributed by atoms with Crippen molar-refractivity contribution in [3.8, 4) is 0 Å². The van der Waals surface area contributed by atoms with Crippen molar-refractivity contribution in [1.82, 2.24) is 0 Å². The first-order chi connectivity index (χ1) is 9.09. The van der Waals surface area contributed by atoms with Crippen molar-refractivity contribution in [3.63, 3.8) is 0 Å². The molecule has 0 fully saturated rings. The van der Waals surface area contributed by atoms with E-state index in [9.17, 15) is 17.6 Å². The molecule has 0 N–H and O–H groups in total. The second kappa shape index (κ2) is 6.43. The van der Waals surface area contributed by atoms with Gasteiger partial charge in [-0.1, -0.05) is 30.3 Å². The number of rotatable bonds is 5. The van der Waals surface area contributed by atoms with Crippen LogP contribution >= 0.6 is 23.1 Å². The predicted molar refractivity (Wildman–Crippen MR) is 70.2 cm³/mol. The summed E-state index contributed by atoms with van der Waals surface area (Å²) in [4.78, 5) is -0.241. The van der Waals surface area contributed by atoms with Gasteiger partial charge in [-0.15, -0.1) is 23.1 Å². The molecule has 19 heavy (non-hydrogen) atoms. The molecule has 2 aromatic rings. The largest absolute Gasteiger partial charge is 0.273 e. The van der Waals surface area contributed by atoms with Gasteiger partial charge in [-0.25, -0.2) is 17.6 Å². The Labute approximate surface area is 116 Å². The number of benzene rings is 1. The van der Waals surface area contributed by atoms with E-state index in [2.05, 4.69) is 0 Å². The molecular weight excluding hydrogens is 296 g/mol. The topological polar surface area (TPSA) is 0 Å². The molecular formula is C13H10F4S2. The average Bonchev–Trinajstić information content (AvgIpc) is 2.81. The molecule has 1 aromatic carbocycles. The lowest BCUT2D eigenvalue weighted by molar-refractivity contribution is 0.142. The summed E-state index contributed by atoms with van der Waals surface area (Å²) in [6, 6.07) is 9.16. The van der Waals surface area contributed by atoms with Crippen LogP contribution in [0.15, 0.2) is 40.6 Å². The minimum atomic E-state index is -2.72. The summed E-state index contributed by atoms with van der Waals surface area (Å²) in [6.45, 7) is 0. The Kier molecular flexibility index (Phi) is 4.87. The van der Waals surface area contributed by atoms with Gasteiger partial charge in [0.2, 0.25) is 0 Å². The van der Waals surface area contributed by atoms with E-state index < -0.39 is 12.9 Å². The molecule has 0 saturated carbocycles. The SMILES string of the molecule is FC(F)c1csc(C(F)F)c1SCc1ccccc1. The standard InChI is InChI=1S/C13H10F4S2/c14-12(15)9-7-19-11(13(16)17)10(9)18-6-8-4-2-1-3-5-8/h1-5,7,12-13H,6H2. The van der Waals surface area contributed by atoms with Crippen molar-refractivity contribution in [1.29, 1.82) is 0 Å². The molecule has 0 amide bonds. The van der Waals surface area contributed by atoms with Crippen molar-refractivity contribution in [2.75, 3.05) is 0 Å². The zero-order valence-electron chi connectivity index (χ0n) is 9.65. The van der Waals surface area contributed by atoms with Crippen LogP contribution in [0.1, 0.15) is 28.9 Å². The van der Waals surface area contributed by atoms with Gasteiger partial charge in [0.05, 0.1) is 4.88 Å². The van der Waals surface area contributed by atoms with Gasteiger partial charge in [0, 0.05) is 21.6 Å². The average molecular weight is 306 g/mol. The molecule has 102 valence electrons. The Hall–Kier alpha value is -1.01. The van der Waals surface area contributed by atoms with E-state index in [0.29, 0.717) is 17.1 Å². The summed E-state index contributed by atoms with van der Waals surface area (Å²) in [7, 11) is 0. The highest BCUT2D eigenvalue weighted by Gasteiger charge is 2.24. The van der Waals surface area contributed by atoms with Crippen LogP contribution in [0, 0.1) is 0 Å². The highest BCUT2D eigenvalue weighted by molar-refractivity contribution is 7.98. The summed E-state index contributed by atoms with van der Waals surface area (Å²) in [5, 5.41) is 1.12. The summed E-state index contributed by atoms with van der Waals surface area (Å²) in [5.41, 5.74) is 0.625. The smallest absolute Gasteiger partial charge is 0.205 e. The zero-order valence-corrected chi connectivity index (χ0v) is 11.3. The minimum Gasteiger partial charge on any atom is -0.205 e. The maximum atomic E-state index is 12.8. The lowest BCUT2D eigenvalue weighted by Gasteiger charge is -2.06. The fraction of sp³-hybridized carbons (Fsp3) is 0.231. The highest BCUT2D eigenvalue weighted by Crippen LogP contribution is 2.43. The van der Waals surface area contributed by atoms with E-state index in [1.165, 1.54) is 0 Å². The van der Waals surface area contributed by atoms with Gasteiger partial charge in [0.1, 0.15) is 0 Å². The molecule has 0 saturated heterocycles. The van der Waals surface area contributed by atoms with Crippen LogP contribution in [0.2, 0.25) is 0 Å². The summed E-state index contributed by atoms with van der Waals surface area (Å²) in [6.07, 6.45) is -5.43. The molecule has 0 aliphatic carbocycles. The summed E-state index contributed by atoms with van der Waals surface area (Å²) < 4.78 is 51.1. The molecule has 0 unspecified atom stereocenters. The number of hydrogen-bond acceptors (Lipinski definition) is 2. The monoisotopic (exact) mass is 306 g/mol. The van der Waals surface area contributed by atoms with Gasteiger partial charge in [0.25, 0.3) is 12.9 Å². The number of thioether (sulfide) groups is 1.